The normalized spacial score (nSPS) is 17.5. The summed E-state index contributed by atoms with van der Waals surface area (Å²) in [7, 11) is 1.66. The Bertz CT molecular complexity index is 721. The molecule has 3 rings (SSSR count). The van der Waals surface area contributed by atoms with Crippen LogP contribution in [0.4, 0.5) is 0 Å². The smallest absolute Gasteiger partial charge is 0.254 e. The highest BCUT2D eigenvalue weighted by Gasteiger charge is 2.28. The highest BCUT2D eigenvalue weighted by Crippen LogP contribution is 2.29. The van der Waals surface area contributed by atoms with E-state index in [2.05, 4.69) is 4.98 Å². The molecule has 0 aliphatic carbocycles. The van der Waals surface area contributed by atoms with Gasteiger partial charge in [0.2, 0.25) is 0 Å². The third-order valence-electron chi connectivity index (χ3n) is 4.57. The Morgan fingerprint density at radius 2 is 2.31 bits per heavy atom. The summed E-state index contributed by atoms with van der Waals surface area (Å²) in [5.74, 6) is 1.08. The van der Waals surface area contributed by atoms with Gasteiger partial charge in [0.1, 0.15) is 5.82 Å². The van der Waals surface area contributed by atoms with Gasteiger partial charge in [-0.25, -0.2) is 9.97 Å². The zero-order valence-corrected chi connectivity index (χ0v) is 16.1. The molecule has 2 aromatic rings. The molecular weight excluding hydrogens is 350 g/mol. The standard InChI is InChI=1S/C19H25N3O3S/c1-14-20-10-17(12-25-8-7-24-2)18(21-14)15-4-3-6-22(11-15)19(23)16-5-9-26-13-16/h5,9-10,13,15H,3-4,6-8,11-12H2,1-2H3. The molecular formula is C19H25N3O3S. The van der Waals surface area contributed by atoms with Crippen LogP contribution in [0.3, 0.4) is 0 Å². The van der Waals surface area contributed by atoms with Gasteiger partial charge in [-0.2, -0.15) is 11.3 Å². The first kappa shape index (κ1) is 18.9. The van der Waals surface area contributed by atoms with Crippen LogP contribution >= 0.6 is 11.3 Å². The molecule has 0 N–H and O–H groups in total. The molecule has 0 aromatic carbocycles. The van der Waals surface area contributed by atoms with Gasteiger partial charge in [0.15, 0.2) is 0 Å². The minimum atomic E-state index is 0.111. The van der Waals surface area contributed by atoms with E-state index in [1.165, 1.54) is 0 Å². The van der Waals surface area contributed by atoms with Crippen molar-refractivity contribution < 1.29 is 14.3 Å². The monoisotopic (exact) mass is 375 g/mol. The van der Waals surface area contributed by atoms with Gasteiger partial charge in [0.25, 0.3) is 5.91 Å². The molecule has 1 aliphatic rings. The van der Waals surface area contributed by atoms with E-state index in [0.717, 1.165) is 42.0 Å². The van der Waals surface area contributed by atoms with Crippen molar-refractivity contribution in [2.75, 3.05) is 33.4 Å². The van der Waals surface area contributed by atoms with Crippen LogP contribution in [0.2, 0.25) is 0 Å². The van der Waals surface area contributed by atoms with E-state index in [-0.39, 0.29) is 11.8 Å². The summed E-state index contributed by atoms with van der Waals surface area (Å²) < 4.78 is 10.7. The number of carbonyl (C=O) groups excluding carboxylic acids is 1. The summed E-state index contributed by atoms with van der Waals surface area (Å²) in [5.41, 5.74) is 2.79. The number of aryl methyl sites for hydroxylation is 1. The van der Waals surface area contributed by atoms with E-state index in [0.29, 0.717) is 26.4 Å². The predicted octanol–water partition coefficient (Wildman–Crippen LogP) is 3.03. The van der Waals surface area contributed by atoms with Gasteiger partial charge in [0, 0.05) is 43.3 Å². The Labute approximate surface area is 158 Å². The summed E-state index contributed by atoms with van der Waals surface area (Å²) in [6, 6.07) is 1.89. The number of carbonyl (C=O) groups is 1. The average molecular weight is 375 g/mol. The molecule has 1 fully saturated rings. The first-order chi connectivity index (χ1) is 12.7. The SMILES string of the molecule is COCCOCc1cnc(C)nc1C1CCCN(C(=O)c2ccsc2)C1. The second kappa shape index (κ2) is 9.21. The van der Waals surface area contributed by atoms with E-state index < -0.39 is 0 Å². The van der Waals surface area contributed by atoms with Gasteiger partial charge in [0.05, 0.1) is 31.1 Å². The lowest BCUT2D eigenvalue weighted by Gasteiger charge is -2.33. The van der Waals surface area contributed by atoms with Crippen LogP contribution in [-0.4, -0.2) is 54.2 Å². The lowest BCUT2D eigenvalue weighted by Crippen LogP contribution is -2.39. The maximum atomic E-state index is 12.7. The van der Waals surface area contributed by atoms with Crippen LogP contribution < -0.4 is 0 Å². The molecule has 2 aromatic heterocycles. The van der Waals surface area contributed by atoms with E-state index >= 15 is 0 Å². The molecule has 1 saturated heterocycles. The number of hydrogen-bond donors (Lipinski definition) is 0. The maximum absolute atomic E-state index is 12.7. The summed E-state index contributed by atoms with van der Waals surface area (Å²) in [4.78, 5) is 23.7. The van der Waals surface area contributed by atoms with Crippen molar-refractivity contribution in [3.63, 3.8) is 0 Å². The van der Waals surface area contributed by atoms with Crippen LogP contribution in [0.15, 0.2) is 23.0 Å². The largest absolute Gasteiger partial charge is 0.382 e. The first-order valence-corrected chi connectivity index (χ1v) is 9.84. The molecule has 26 heavy (non-hydrogen) atoms. The van der Waals surface area contributed by atoms with Crippen LogP contribution in [-0.2, 0) is 16.1 Å². The van der Waals surface area contributed by atoms with E-state index in [1.807, 2.05) is 34.8 Å². The number of aromatic nitrogens is 2. The second-order valence-corrected chi connectivity index (χ2v) is 7.26. The zero-order valence-electron chi connectivity index (χ0n) is 15.3. The van der Waals surface area contributed by atoms with Crippen molar-refractivity contribution in [2.45, 2.75) is 32.3 Å². The Balaban J connectivity index is 1.72. The fourth-order valence-electron chi connectivity index (χ4n) is 3.26. The Kier molecular flexibility index (Phi) is 6.71. The molecule has 1 aliphatic heterocycles. The minimum Gasteiger partial charge on any atom is -0.382 e. The number of nitrogens with zero attached hydrogens (tertiary/aromatic N) is 3. The van der Waals surface area contributed by atoms with E-state index in [4.69, 9.17) is 14.5 Å². The fraction of sp³-hybridized carbons (Fsp3) is 0.526. The highest BCUT2D eigenvalue weighted by atomic mass is 32.1. The van der Waals surface area contributed by atoms with Crippen molar-refractivity contribution >= 4 is 17.2 Å². The predicted molar refractivity (Wildman–Crippen MR) is 100 cm³/mol. The molecule has 1 atom stereocenters. The number of hydrogen-bond acceptors (Lipinski definition) is 6. The summed E-state index contributed by atoms with van der Waals surface area (Å²) in [6.07, 6.45) is 3.85. The molecule has 6 nitrogen and oxygen atoms in total. The molecule has 0 radical (unpaired) electrons. The Morgan fingerprint density at radius 1 is 1.42 bits per heavy atom. The lowest BCUT2D eigenvalue weighted by molar-refractivity contribution is 0.0602. The number of rotatable bonds is 7. The number of ether oxygens (including phenoxy) is 2. The van der Waals surface area contributed by atoms with Crippen molar-refractivity contribution in [2.24, 2.45) is 0 Å². The number of methoxy groups -OCH3 is 1. The second-order valence-electron chi connectivity index (χ2n) is 6.48. The van der Waals surface area contributed by atoms with E-state index in [9.17, 15) is 4.79 Å². The lowest BCUT2D eigenvalue weighted by atomic mass is 9.91. The summed E-state index contributed by atoms with van der Waals surface area (Å²) in [5, 5.41) is 3.85. The number of thiophene rings is 1. The fourth-order valence-corrected chi connectivity index (χ4v) is 3.88. The number of likely N-dealkylation sites (tertiary alicyclic amines) is 1. The van der Waals surface area contributed by atoms with Gasteiger partial charge in [-0.3, -0.25) is 4.79 Å². The van der Waals surface area contributed by atoms with Crippen LogP contribution in [0.5, 0.6) is 0 Å². The van der Waals surface area contributed by atoms with Crippen molar-refractivity contribution in [1.29, 1.82) is 0 Å². The van der Waals surface area contributed by atoms with Gasteiger partial charge >= 0.3 is 0 Å². The molecule has 7 heteroatoms. The van der Waals surface area contributed by atoms with Gasteiger partial charge < -0.3 is 14.4 Å². The quantitative estimate of drug-likeness (QED) is 0.696. The van der Waals surface area contributed by atoms with Gasteiger partial charge in [-0.15, -0.1) is 0 Å². The molecule has 1 unspecified atom stereocenters. The van der Waals surface area contributed by atoms with Crippen LogP contribution in [0.1, 0.15) is 46.2 Å². The number of piperidine rings is 1. The summed E-state index contributed by atoms with van der Waals surface area (Å²) >= 11 is 1.55. The molecule has 0 bridgehead atoms. The molecule has 0 spiro atoms. The highest BCUT2D eigenvalue weighted by molar-refractivity contribution is 7.08. The average Bonchev–Trinajstić information content (AvgIpc) is 3.20. The Morgan fingerprint density at radius 3 is 3.08 bits per heavy atom. The van der Waals surface area contributed by atoms with Gasteiger partial charge in [-0.05, 0) is 31.2 Å². The third kappa shape index (κ3) is 4.66. The summed E-state index contributed by atoms with van der Waals surface area (Å²) in [6.45, 7) is 4.96. The minimum absolute atomic E-state index is 0.111. The molecule has 140 valence electrons. The van der Waals surface area contributed by atoms with Crippen LogP contribution in [0, 0.1) is 6.92 Å². The maximum Gasteiger partial charge on any atom is 0.254 e. The zero-order chi connectivity index (χ0) is 18.4. The van der Waals surface area contributed by atoms with Crippen molar-refractivity contribution in [1.82, 2.24) is 14.9 Å². The topological polar surface area (TPSA) is 64.6 Å². The first-order valence-electron chi connectivity index (χ1n) is 8.89. The molecule has 3 heterocycles. The van der Waals surface area contributed by atoms with Crippen LogP contribution in [0.25, 0.3) is 0 Å². The Hall–Kier alpha value is -1.83. The molecule has 0 saturated carbocycles. The number of amides is 1. The van der Waals surface area contributed by atoms with Gasteiger partial charge in [-0.1, -0.05) is 0 Å². The van der Waals surface area contributed by atoms with Crippen molar-refractivity contribution in [3.8, 4) is 0 Å². The third-order valence-corrected chi connectivity index (χ3v) is 5.25. The molecule has 1 amide bonds. The van der Waals surface area contributed by atoms with E-state index in [1.54, 1.807) is 18.4 Å². The van der Waals surface area contributed by atoms with Crippen molar-refractivity contribution in [3.05, 3.63) is 45.7 Å².